The predicted molar refractivity (Wildman–Crippen MR) is 545 cm³/mol. The lowest BCUT2D eigenvalue weighted by molar-refractivity contribution is -0.142. The summed E-state index contributed by atoms with van der Waals surface area (Å²) < 4.78 is 0. The van der Waals surface area contributed by atoms with Gasteiger partial charge >= 0.3 is 18.0 Å². The molecule has 4 aromatic carbocycles. The van der Waals surface area contributed by atoms with Gasteiger partial charge in [0, 0.05) is 83.1 Å². The second kappa shape index (κ2) is 64.4. The minimum atomic E-state index is -1.68. The van der Waals surface area contributed by atoms with Crippen molar-refractivity contribution >= 4 is 161 Å². The molecule has 1 saturated heterocycles. The Morgan fingerprint density at radius 2 is 0.628 bits per heavy atom. The zero-order valence-electron chi connectivity index (χ0n) is 80.5. The molecule has 0 saturated carbocycles. The number of benzene rings is 4. The molecule has 4 aromatic rings. The average Bonchev–Trinajstić information content (AvgIpc) is 1.76. The number of nitrogens with zero attached hydrogens (tertiary/aromatic N) is 1. The molecular weight excluding hydrogens is 1930 g/mol. The van der Waals surface area contributed by atoms with Crippen LogP contribution in [0.15, 0.2) is 91.0 Å². The van der Waals surface area contributed by atoms with E-state index in [4.69, 9.17) is 78.6 Å². The number of carboxylic acids is 1. The molecule has 1 aliphatic heterocycles. The van der Waals surface area contributed by atoms with Crippen LogP contribution < -0.4 is 153 Å². The molecule has 798 valence electrons. The van der Waals surface area contributed by atoms with Crippen LogP contribution >= 0.6 is 25.3 Å². The maximum Gasteiger partial charge on any atom is 0.326 e. The van der Waals surface area contributed by atoms with Gasteiger partial charge in [-0.1, -0.05) is 66.7 Å². The number of nitrogens with two attached hydrogens (primary N) is 9. The fourth-order valence-electron chi connectivity index (χ4n) is 15.3. The number of amides is 17. The van der Waals surface area contributed by atoms with Gasteiger partial charge in [-0.25, -0.2) is 14.4 Å². The van der Waals surface area contributed by atoms with Crippen molar-refractivity contribution in [3.05, 3.63) is 108 Å². The maximum atomic E-state index is 15.4. The number of nitrogens with one attached hydrogen (secondary N) is 24. The first-order valence-electron chi connectivity index (χ1n) is 47.3. The smallest absolute Gasteiger partial charge is 0.326 e. The highest BCUT2D eigenvalue weighted by Crippen LogP contribution is 2.24. The quantitative estimate of drug-likeness (QED) is 0.00845. The Balaban J connectivity index is 1.49. The number of phenolic OH excluding ortho intramolecular Hbond substituents is 2. The molecule has 0 unspecified atom stereocenters. The van der Waals surface area contributed by atoms with Gasteiger partial charge in [-0.2, -0.15) is 25.3 Å². The molecule has 55 heteroatoms. The molecular formula is C90H142N34O19S2. The van der Waals surface area contributed by atoms with Crippen LogP contribution in [-0.4, -0.2) is 300 Å². The number of aromatic hydroxyl groups is 2. The number of phenols is 2. The third-order valence-corrected chi connectivity index (χ3v) is 23.7. The van der Waals surface area contributed by atoms with Gasteiger partial charge in [0.1, 0.15) is 90.0 Å². The monoisotopic (exact) mass is 2070 g/mol. The lowest BCUT2D eigenvalue weighted by atomic mass is 10.00. The van der Waals surface area contributed by atoms with Crippen molar-refractivity contribution in [3.63, 3.8) is 0 Å². The molecule has 0 aliphatic carbocycles. The number of urea groups is 2. The highest BCUT2D eigenvalue weighted by atomic mass is 32.1. The summed E-state index contributed by atoms with van der Waals surface area (Å²) in [6.07, 6.45) is -1.25. The summed E-state index contributed by atoms with van der Waals surface area (Å²) in [6.45, 7) is -0.0387. The molecule has 17 amide bonds. The van der Waals surface area contributed by atoms with Gasteiger partial charge in [-0.05, 0) is 180 Å². The predicted octanol–water partition coefficient (Wildman–Crippen LogP) is -7.30. The van der Waals surface area contributed by atoms with Crippen molar-refractivity contribution in [3.8, 4) is 11.5 Å². The normalized spacial score (nSPS) is 14.7. The summed E-state index contributed by atoms with van der Waals surface area (Å²) in [5, 5.41) is 120. The van der Waals surface area contributed by atoms with Crippen LogP contribution in [0, 0.1) is 27.0 Å². The summed E-state index contributed by atoms with van der Waals surface area (Å²) >= 11 is 8.68. The molecule has 45 N–H and O–H groups in total. The van der Waals surface area contributed by atoms with E-state index in [1.165, 1.54) is 53.4 Å². The zero-order chi connectivity index (χ0) is 107. The first-order chi connectivity index (χ1) is 69.0. The summed E-state index contributed by atoms with van der Waals surface area (Å²) in [6, 6.07) is 0.326. The first-order valence-corrected chi connectivity index (χ1v) is 48.6. The number of hydrogen-bond donors (Lipinski definition) is 38. The summed E-state index contributed by atoms with van der Waals surface area (Å²) in [4.78, 5) is 230. The third kappa shape index (κ3) is 45.8. The van der Waals surface area contributed by atoms with Crippen molar-refractivity contribution < 1.29 is 92.0 Å². The Morgan fingerprint density at radius 1 is 0.338 bits per heavy atom. The number of primary amides is 2. The lowest BCUT2D eigenvalue weighted by Crippen LogP contribution is -2.61. The lowest BCUT2D eigenvalue weighted by Gasteiger charge is -2.31. The van der Waals surface area contributed by atoms with Gasteiger partial charge in [0.15, 0.2) is 29.8 Å². The number of aliphatic carboxylic acids is 1. The van der Waals surface area contributed by atoms with Crippen LogP contribution in [0.25, 0.3) is 10.8 Å². The highest BCUT2D eigenvalue weighted by molar-refractivity contribution is 7.80. The van der Waals surface area contributed by atoms with E-state index in [2.05, 4.69) is 126 Å². The number of carboxylic acid groups (broad SMARTS) is 1. The molecule has 0 spiro atoms. The Labute approximate surface area is 848 Å². The summed E-state index contributed by atoms with van der Waals surface area (Å²) in [7, 11) is 0. The molecule has 1 fully saturated rings. The van der Waals surface area contributed by atoms with E-state index < -0.39 is 203 Å². The second-order valence-corrected chi connectivity index (χ2v) is 35.2. The van der Waals surface area contributed by atoms with E-state index >= 15 is 33.6 Å². The Bertz CT molecular complexity index is 5050. The topological polar surface area (TPSA) is 919 Å². The Morgan fingerprint density at radius 3 is 0.986 bits per heavy atom. The van der Waals surface area contributed by atoms with Crippen LogP contribution in [0.4, 0.5) is 9.59 Å². The Hall–Kier alpha value is -15.2. The van der Waals surface area contributed by atoms with Gasteiger partial charge in [0.2, 0.25) is 76.8 Å². The second-order valence-electron chi connectivity index (χ2n) is 34.4. The number of fused-ring (bicyclic) bond motifs is 1. The third-order valence-electron chi connectivity index (χ3n) is 22.9. The van der Waals surface area contributed by atoms with E-state index in [9.17, 15) is 58.5 Å². The minimum Gasteiger partial charge on any atom is -0.508 e. The number of carbonyl (C=O) groups is 16. The van der Waals surface area contributed by atoms with E-state index in [1.807, 2.05) is 18.2 Å². The molecule has 1 heterocycles. The zero-order valence-corrected chi connectivity index (χ0v) is 82.3. The van der Waals surface area contributed by atoms with E-state index in [-0.39, 0.29) is 217 Å². The molecule has 0 bridgehead atoms. The number of unbranched alkanes of at least 4 members (excludes halogenated alkanes) is 1. The average molecular weight is 2070 g/mol. The van der Waals surface area contributed by atoms with Crippen LogP contribution in [-0.2, 0) is 86.4 Å². The van der Waals surface area contributed by atoms with Gasteiger partial charge < -0.3 is 173 Å². The first kappa shape index (κ1) is 120. The van der Waals surface area contributed by atoms with Crippen molar-refractivity contribution in [2.24, 2.45) is 51.6 Å². The van der Waals surface area contributed by atoms with E-state index in [1.54, 1.807) is 24.3 Å². The van der Waals surface area contributed by atoms with Gasteiger partial charge in [0.05, 0.1) is 6.04 Å². The molecule has 0 radical (unpaired) electrons. The molecule has 1 aliphatic rings. The Kier molecular flexibility index (Phi) is 53.4. The van der Waals surface area contributed by atoms with Crippen molar-refractivity contribution in [2.45, 2.75) is 226 Å². The standard InChI is InChI=1S/C90H142N34O19S2/c91-34-4-3-16-62(82(139)124-42-12-23-69(124)81(138)121-65(45-50-27-32-55(126)33-28-50)77(134)116-59(19-8-38-108-87(99)100)72(129)114-61(21-10-41-111-90(104)143)75(132)122-67(47-144)79(136)118-63(83(140)141)22-11-39-109-88(101)102)117-73(130)60(20-9-40-110-89(103)142)113-71(128)58(18-7-37-107-86(97)98)115-76(133)64(44-49-25-30-54(125)31-26-49)120-80(137)68(48-145)123-78(135)66(46-51-24-29-52-13-1-2-14-53(52)43-51)119-74(131)57(17-6-36-106-85(95)96)112-70(127)56(92)15-5-35-105-84(93)94/h1-2,13-14,24-33,43,56-69,125-126,144-145H,3-12,15-23,34-42,44-48,91-92H2,(H,112,127)(H,113,128)(H,114,129)(H,115,133)(H,116,134)(H,117,130)(H,118,136)(H,119,131)(H,120,137)(H,121,138)(H,122,132)(H,123,135)(H,140,141)(H4,93,94,105)(H4,95,96,106)(H4,97,98,107)(H4,99,100,108)(H4,101,102,109)(H3,103,110,142)(H3,104,111,143)/t56-,57-,58-,59-,60-,61-,62-,63-,64-,65-,66-,67-,68-,69-/m0/s1. The van der Waals surface area contributed by atoms with Gasteiger partial charge in [-0.15, -0.1) is 0 Å². The van der Waals surface area contributed by atoms with E-state index in [0.29, 0.717) is 29.5 Å². The largest absolute Gasteiger partial charge is 0.508 e. The van der Waals surface area contributed by atoms with Crippen LogP contribution in [0.3, 0.4) is 0 Å². The van der Waals surface area contributed by atoms with Gasteiger partial charge in [-0.3, -0.25) is 89.4 Å². The highest BCUT2D eigenvalue weighted by Gasteiger charge is 2.42. The van der Waals surface area contributed by atoms with Crippen LogP contribution in [0.1, 0.15) is 139 Å². The number of thiol groups is 2. The van der Waals surface area contributed by atoms with Crippen LogP contribution in [0.5, 0.6) is 11.5 Å². The number of rotatable bonds is 66. The summed E-state index contributed by atoms with van der Waals surface area (Å²) in [5.41, 5.74) is 51.7. The fourth-order valence-corrected chi connectivity index (χ4v) is 15.8. The number of likely N-dealkylation sites (tertiary alicyclic amines) is 1. The molecule has 0 aromatic heterocycles. The SMILES string of the molecule is N=C(N)NCCC[C@H](NC(=O)[C@H](CS)NC(=O)[C@H](CCCNC(N)=O)NC(=O)[C@H](CCCNC(=N)N)NC(=O)[C@H](Cc1ccc(O)cc1)NC(=O)[C@@H]1CCCN1C(=O)[C@H](CCCCN)NC(=O)[C@H](CCCNC(N)=O)NC(=O)[C@H](CCCNC(=N)N)NC(=O)[C@H](Cc1ccc(O)cc1)NC(=O)[C@H](CS)NC(=O)[C@H](Cc1ccc2ccccc2c1)NC(=O)[C@H](CCCNC(=N)N)NC(=O)[C@@H](N)CCCNC(=N)N)C(=O)O. The summed E-state index contributed by atoms with van der Waals surface area (Å²) in [5.74, 6) is -17.1. The number of carbonyl (C=O) groups excluding carboxylic acids is 15. The number of guanidine groups is 5. The van der Waals surface area contributed by atoms with Crippen molar-refractivity contribution in [1.82, 2.24) is 106 Å². The maximum absolute atomic E-state index is 15.4. The molecule has 53 nitrogen and oxygen atoms in total. The van der Waals surface area contributed by atoms with Gasteiger partial charge in [0.25, 0.3) is 0 Å². The number of hydrogen-bond acceptors (Lipinski definition) is 27. The van der Waals surface area contributed by atoms with Crippen molar-refractivity contribution in [1.29, 1.82) is 27.0 Å². The van der Waals surface area contributed by atoms with Crippen molar-refractivity contribution in [2.75, 3.05) is 70.4 Å². The minimum absolute atomic E-state index is 0.00225. The molecule has 145 heavy (non-hydrogen) atoms. The molecule has 5 rings (SSSR count). The van der Waals surface area contributed by atoms with Crippen LogP contribution in [0.2, 0.25) is 0 Å². The fraction of sp³-hybridized carbons (Fsp3) is 0.522. The molecule has 14 atom stereocenters. The van der Waals surface area contributed by atoms with E-state index in [0.717, 1.165) is 10.8 Å².